The van der Waals surface area contributed by atoms with Crippen molar-refractivity contribution in [3.8, 4) is 0 Å². The van der Waals surface area contributed by atoms with E-state index in [9.17, 15) is 22.4 Å². The highest BCUT2D eigenvalue weighted by atomic mass is 19.4. The number of benzene rings is 1. The van der Waals surface area contributed by atoms with E-state index in [1.165, 1.54) is 6.07 Å². The summed E-state index contributed by atoms with van der Waals surface area (Å²) in [6.07, 6.45) is -4.19. The summed E-state index contributed by atoms with van der Waals surface area (Å²) in [4.78, 5) is 13.9. The molecule has 0 aliphatic rings. The number of hydrogen-bond donors (Lipinski definition) is 1. The third kappa shape index (κ3) is 4.43. The van der Waals surface area contributed by atoms with Gasteiger partial charge in [-0.25, -0.2) is 4.39 Å². The number of halogens is 4. The van der Waals surface area contributed by atoms with Crippen LogP contribution in [0.25, 0.3) is 0 Å². The van der Waals surface area contributed by atoms with Crippen LogP contribution in [0, 0.1) is 5.82 Å². The molecule has 3 nitrogen and oxygen atoms in total. The monoisotopic (exact) mass is 320 g/mol. The van der Waals surface area contributed by atoms with E-state index in [1.54, 1.807) is 7.05 Å². The van der Waals surface area contributed by atoms with Crippen LogP contribution in [-0.4, -0.2) is 30.4 Å². The van der Waals surface area contributed by atoms with Crippen LogP contribution in [0.4, 0.5) is 17.6 Å². The van der Waals surface area contributed by atoms with Crippen molar-refractivity contribution < 1.29 is 22.4 Å². The Morgan fingerprint density at radius 2 is 1.95 bits per heavy atom. The predicted molar refractivity (Wildman–Crippen MR) is 75.6 cm³/mol. The lowest BCUT2D eigenvalue weighted by molar-refractivity contribution is -0.140. The number of amides is 1. The van der Waals surface area contributed by atoms with E-state index in [4.69, 9.17) is 0 Å². The Balaban J connectivity index is 2.83. The second kappa shape index (κ2) is 7.58. The fourth-order valence-corrected chi connectivity index (χ4v) is 2.15. The summed E-state index contributed by atoms with van der Waals surface area (Å²) in [6.45, 7) is 4.11. The fourth-order valence-electron chi connectivity index (χ4n) is 2.15. The van der Waals surface area contributed by atoms with Crippen LogP contribution in [0.3, 0.4) is 0 Å². The molecule has 1 aromatic carbocycles. The molecule has 0 aromatic heterocycles. The van der Waals surface area contributed by atoms with Gasteiger partial charge in [0.15, 0.2) is 0 Å². The first-order valence-corrected chi connectivity index (χ1v) is 7.04. The maximum Gasteiger partial charge on any atom is 0.419 e. The van der Waals surface area contributed by atoms with E-state index in [-0.39, 0.29) is 24.1 Å². The second-order valence-electron chi connectivity index (χ2n) is 4.99. The molecule has 0 aliphatic carbocycles. The lowest BCUT2D eigenvalue weighted by Crippen LogP contribution is -2.44. The number of carbonyl (C=O) groups is 1. The van der Waals surface area contributed by atoms with Crippen LogP contribution in [0.5, 0.6) is 0 Å². The summed E-state index contributed by atoms with van der Waals surface area (Å²) in [5, 5.41) is 2.50. The molecule has 1 atom stereocenters. The maximum atomic E-state index is 13.8. The van der Waals surface area contributed by atoms with E-state index < -0.39 is 17.6 Å². The Kier molecular flexibility index (Phi) is 6.34. The van der Waals surface area contributed by atoms with Gasteiger partial charge in [-0.3, -0.25) is 9.69 Å². The summed E-state index contributed by atoms with van der Waals surface area (Å²) in [6, 6.07) is 2.65. The van der Waals surface area contributed by atoms with Crippen molar-refractivity contribution in [3.05, 3.63) is 35.1 Å². The molecule has 0 fully saturated rings. The maximum absolute atomic E-state index is 13.8. The second-order valence-corrected chi connectivity index (χ2v) is 4.99. The minimum absolute atomic E-state index is 0.183. The highest BCUT2D eigenvalue weighted by Gasteiger charge is 2.34. The van der Waals surface area contributed by atoms with Crippen LogP contribution in [0.2, 0.25) is 0 Å². The predicted octanol–water partition coefficient (Wildman–Crippen LogP) is 3.19. The molecule has 0 spiro atoms. The highest BCUT2D eigenvalue weighted by Crippen LogP contribution is 2.32. The van der Waals surface area contributed by atoms with Gasteiger partial charge >= 0.3 is 6.18 Å². The third-order valence-corrected chi connectivity index (χ3v) is 3.56. The molecule has 0 radical (unpaired) electrons. The van der Waals surface area contributed by atoms with Crippen molar-refractivity contribution in [3.63, 3.8) is 0 Å². The molecule has 0 aliphatic heterocycles. The Morgan fingerprint density at radius 3 is 2.45 bits per heavy atom. The number of nitrogens with one attached hydrogen (secondary N) is 1. The first-order chi connectivity index (χ1) is 10.2. The van der Waals surface area contributed by atoms with E-state index in [0.717, 1.165) is 6.07 Å². The van der Waals surface area contributed by atoms with Crippen molar-refractivity contribution in [2.45, 2.75) is 39.0 Å². The molecular formula is C15H20F4N2O. The molecular weight excluding hydrogens is 300 g/mol. The van der Waals surface area contributed by atoms with Crippen LogP contribution in [-0.2, 0) is 17.5 Å². The summed E-state index contributed by atoms with van der Waals surface area (Å²) in [5.74, 6) is -1.67. The van der Waals surface area contributed by atoms with Gasteiger partial charge in [0.25, 0.3) is 0 Å². The number of hydrogen-bond acceptors (Lipinski definition) is 2. The zero-order valence-corrected chi connectivity index (χ0v) is 12.8. The fraction of sp³-hybridized carbons (Fsp3) is 0.533. The van der Waals surface area contributed by atoms with Crippen LogP contribution >= 0.6 is 0 Å². The minimum Gasteiger partial charge on any atom is -0.351 e. The summed E-state index contributed by atoms with van der Waals surface area (Å²) in [7, 11) is 1.78. The zero-order valence-electron chi connectivity index (χ0n) is 12.8. The smallest absolute Gasteiger partial charge is 0.351 e. The molecule has 0 heterocycles. The largest absolute Gasteiger partial charge is 0.419 e. The minimum atomic E-state index is -4.75. The molecule has 1 rings (SSSR count). The van der Waals surface area contributed by atoms with Gasteiger partial charge in [-0.2, -0.15) is 13.2 Å². The Labute approximate surface area is 127 Å². The Bertz CT molecular complexity index is 517. The van der Waals surface area contributed by atoms with E-state index in [0.29, 0.717) is 19.0 Å². The van der Waals surface area contributed by atoms with E-state index in [2.05, 4.69) is 5.32 Å². The Hall–Kier alpha value is -1.63. The van der Waals surface area contributed by atoms with Gasteiger partial charge in [0, 0.05) is 12.1 Å². The molecule has 0 saturated heterocycles. The average molecular weight is 320 g/mol. The van der Waals surface area contributed by atoms with Crippen LogP contribution in [0.15, 0.2) is 18.2 Å². The average Bonchev–Trinajstić information content (AvgIpc) is 2.45. The zero-order chi connectivity index (χ0) is 16.9. The van der Waals surface area contributed by atoms with Crippen LogP contribution < -0.4 is 5.32 Å². The molecule has 1 amide bonds. The molecule has 22 heavy (non-hydrogen) atoms. The topological polar surface area (TPSA) is 32.3 Å². The molecule has 0 saturated carbocycles. The molecule has 124 valence electrons. The van der Waals surface area contributed by atoms with Gasteiger partial charge < -0.3 is 5.32 Å². The van der Waals surface area contributed by atoms with Gasteiger partial charge in [-0.1, -0.05) is 26.0 Å². The van der Waals surface area contributed by atoms with Gasteiger partial charge in [0.2, 0.25) is 5.91 Å². The molecule has 1 unspecified atom stereocenters. The molecule has 7 heteroatoms. The van der Waals surface area contributed by atoms with E-state index >= 15 is 0 Å². The molecule has 1 aromatic rings. The molecule has 1 N–H and O–H groups in total. The standard InChI is InChI=1S/C15H20F4N2O/c1-4-12(21(3)5-2)14(22)20-9-10-7-6-8-11(13(10)16)15(17,18)19/h6-8,12H,4-5,9H2,1-3H3,(H,20,22). The number of nitrogens with zero attached hydrogens (tertiary/aromatic N) is 1. The number of carbonyl (C=O) groups excluding carboxylic acids is 1. The number of alkyl halides is 3. The number of rotatable bonds is 6. The van der Waals surface area contributed by atoms with Crippen molar-refractivity contribution >= 4 is 5.91 Å². The lowest BCUT2D eigenvalue weighted by atomic mass is 10.1. The first-order valence-electron chi connectivity index (χ1n) is 7.04. The Morgan fingerprint density at radius 1 is 1.32 bits per heavy atom. The highest BCUT2D eigenvalue weighted by molar-refractivity contribution is 5.81. The quantitative estimate of drug-likeness (QED) is 0.817. The lowest BCUT2D eigenvalue weighted by Gasteiger charge is -2.24. The third-order valence-electron chi connectivity index (χ3n) is 3.56. The SMILES string of the molecule is CCC(C(=O)NCc1cccc(C(F)(F)F)c1F)N(C)CC. The van der Waals surface area contributed by atoms with Crippen LogP contribution in [0.1, 0.15) is 31.4 Å². The van der Waals surface area contributed by atoms with E-state index in [1.807, 2.05) is 18.7 Å². The van der Waals surface area contributed by atoms with Crippen molar-refractivity contribution in [1.29, 1.82) is 0 Å². The number of likely N-dealkylation sites (N-methyl/N-ethyl adjacent to an activating group) is 1. The van der Waals surface area contributed by atoms with Crippen molar-refractivity contribution in [1.82, 2.24) is 10.2 Å². The van der Waals surface area contributed by atoms with Gasteiger partial charge in [0.05, 0.1) is 11.6 Å². The molecule has 0 bridgehead atoms. The first kappa shape index (κ1) is 18.4. The summed E-state index contributed by atoms with van der Waals surface area (Å²) >= 11 is 0. The summed E-state index contributed by atoms with van der Waals surface area (Å²) < 4.78 is 51.7. The van der Waals surface area contributed by atoms with Gasteiger partial charge in [-0.05, 0) is 26.1 Å². The summed E-state index contributed by atoms with van der Waals surface area (Å²) in [5.41, 5.74) is -1.51. The van der Waals surface area contributed by atoms with Gasteiger partial charge in [-0.15, -0.1) is 0 Å². The van der Waals surface area contributed by atoms with Crippen molar-refractivity contribution in [2.24, 2.45) is 0 Å². The van der Waals surface area contributed by atoms with Crippen molar-refractivity contribution in [2.75, 3.05) is 13.6 Å². The normalized spacial score (nSPS) is 13.3. The van der Waals surface area contributed by atoms with Gasteiger partial charge in [0.1, 0.15) is 5.82 Å².